The van der Waals surface area contributed by atoms with Crippen molar-refractivity contribution in [3.8, 4) is 0 Å². The lowest BCUT2D eigenvalue weighted by Crippen LogP contribution is -2.38. The highest BCUT2D eigenvalue weighted by Gasteiger charge is 2.41. The van der Waals surface area contributed by atoms with E-state index in [1.54, 1.807) is 0 Å². The molecule has 0 spiro atoms. The Morgan fingerprint density at radius 3 is 2.25 bits per heavy atom. The Labute approximate surface area is 106 Å². The molecule has 1 rings (SSSR count). The van der Waals surface area contributed by atoms with Gasteiger partial charge in [-0.05, 0) is 25.2 Å². The minimum Gasteiger partial charge on any atom is -0.481 e. The van der Waals surface area contributed by atoms with Crippen molar-refractivity contribution in [2.24, 2.45) is 17.8 Å². The number of aliphatic carboxylic acids is 2. The largest absolute Gasteiger partial charge is 0.481 e. The number of carboxylic acid groups (broad SMARTS) is 2. The van der Waals surface area contributed by atoms with E-state index < -0.39 is 23.8 Å². The Hall–Kier alpha value is -0.528. The molecule has 0 amide bonds. The van der Waals surface area contributed by atoms with E-state index in [2.05, 4.69) is 0 Å². The molecule has 1 saturated carbocycles. The first-order chi connectivity index (χ1) is 7.07. The van der Waals surface area contributed by atoms with Crippen molar-refractivity contribution in [3.05, 3.63) is 0 Å². The van der Waals surface area contributed by atoms with Gasteiger partial charge in [-0.3, -0.25) is 9.59 Å². The third-order valence-corrected chi connectivity index (χ3v) is 3.29. The van der Waals surface area contributed by atoms with Crippen LogP contribution in [0.3, 0.4) is 0 Å². The van der Waals surface area contributed by atoms with Crippen LogP contribution in [-0.2, 0) is 9.59 Å². The smallest absolute Gasteiger partial charge is 0.307 e. The molecule has 3 radical (unpaired) electrons. The van der Waals surface area contributed by atoms with Crippen molar-refractivity contribution in [1.29, 1.82) is 0 Å². The fourth-order valence-electron chi connectivity index (χ4n) is 2.63. The van der Waals surface area contributed by atoms with Crippen LogP contribution in [0.15, 0.2) is 0 Å². The van der Waals surface area contributed by atoms with Gasteiger partial charge in [0, 0.05) is 17.4 Å². The molecular formula is C11H18AlO4. The molecule has 0 heterocycles. The summed E-state index contributed by atoms with van der Waals surface area (Å²) in [4.78, 5) is 22.0. The summed E-state index contributed by atoms with van der Waals surface area (Å²) < 4.78 is 0. The predicted molar refractivity (Wildman–Crippen MR) is 60.3 cm³/mol. The summed E-state index contributed by atoms with van der Waals surface area (Å²) in [5.74, 6) is -3.23. The van der Waals surface area contributed by atoms with Gasteiger partial charge in [0.05, 0.1) is 11.8 Å². The molecule has 5 heteroatoms. The van der Waals surface area contributed by atoms with E-state index in [-0.39, 0.29) is 23.3 Å². The number of carboxylic acids is 2. The van der Waals surface area contributed by atoms with E-state index in [1.807, 2.05) is 6.92 Å². The van der Waals surface area contributed by atoms with Gasteiger partial charge in [-0.2, -0.15) is 0 Å². The van der Waals surface area contributed by atoms with E-state index in [1.165, 1.54) is 0 Å². The topological polar surface area (TPSA) is 74.6 Å². The molecule has 0 aromatic carbocycles. The average Bonchev–Trinajstić information content (AvgIpc) is 2.17. The Morgan fingerprint density at radius 2 is 1.81 bits per heavy atom. The van der Waals surface area contributed by atoms with Crippen LogP contribution >= 0.6 is 0 Å². The molecular weight excluding hydrogens is 223 g/mol. The second-order valence-electron chi connectivity index (χ2n) is 4.29. The van der Waals surface area contributed by atoms with Crippen LogP contribution in [0.25, 0.3) is 0 Å². The highest BCUT2D eigenvalue weighted by atomic mass is 27.0. The minimum absolute atomic E-state index is 0. The monoisotopic (exact) mass is 241 g/mol. The first kappa shape index (κ1) is 15.5. The van der Waals surface area contributed by atoms with Crippen LogP contribution in [0.2, 0.25) is 0 Å². The van der Waals surface area contributed by atoms with Gasteiger partial charge >= 0.3 is 11.9 Å². The van der Waals surface area contributed by atoms with Gasteiger partial charge in [-0.1, -0.05) is 19.8 Å². The molecule has 3 atom stereocenters. The van der Waals surface area contributed by atoms with Gasteiger partial charge in [0.1, 0.15) is 0 Å². The maximum atomic E-state index is 11.1. The van der Waals surface area contributed by atoms with Crippen molar-refractivity contribution < 1.29 is 19.8 Å². The van der Waals surface area contributed by atoms with Crippen LogP contribution in [-0.4, -0.2) is 39.5 Å². The van der Waals surface area contributed by atoms with Crippen molar-refractivity contribution in [1.82, 2.24) is 0 Å². The van der Waals surface area contributed by atoms with E-state index in [0.717, 1.165) is 25.7 Å². The lowest BCUT2D eigenvalue weighted by atomic mass is 9.70. The zero-order chi connectivity index (χ0) is 11.4. The summed E-state index contributed by atoms with van der Waals surface area (Å²) in [7, 11) is 0. The fourth-order valence-corrected chi connectivity index (χ4v) is 2.63. The lowest BCUT2D eigenvalue weighted by Gasteiger charge is -2.33. The van der Waals surface area contributed by atoms with E-state index in [0.29, 0.717) is 6.42 Å². The first-order valence-electron chi connectivity index (χ1n) is 5.53. The van der Waals surface area contributed by atoms with E-state index in [4.69, 9.17) is 10.2 Å². The van der Waals surface area contributed by atoms with Gasteiger partial charge in [0.15, 0.2) is 0 Å². The maximum absolute atomic E-state index is 11.1. The number of rotatable bonds is 4. The van der Waals surface area contributed by atoms with E-state index in [9.17, 15) is 9.59 Å². The third-order valence-electron chi connectivity index (χ3n) is 3.29. The molecule has 1 fully saturated rings. The Kier molecular flexibility index (Phi) is 6.70. The summed E-state index contributed by atoms with van der Waals surface area (Å²) in [6.45, 7) is 2.00. The number of carbonyl (C=O) groups is 2. The summed E-state index contributed by atoms with van der Waals surface area (Å²) >= 11 is 0. The van der Waals surface area contributed by atoms with Crippen LogP contribution < -0.4 is 0 Å². The van der Waals surface area contributed by atoms with E-state index >= 15 is 0 Å². The van der Waals surface area contributed by atoms with Crippen molar-refractivity contribution in [2.45, 2.75) is 39.0 Å². The predicted octanol–water partition coefficient (Wildman–Crippen LogP) is 1.61. The molecule has 0 aromatic rings. The van der Waals surface area contributed by atoms with Gasteiger partial charge < -0.3 is 10.2 Å². The summed E-state index contributed by atoms with van der Waals surface area (Å²) in [5, 5.41) is 18.1. The van der Waals surface area contributed by atoms with Crippen molar-refractivity contribution in [2.75, 3.05) is 0 Å². The highest BCUT2D eigenvalue weighted by Crippen LogP contribution is 2.37. The molecule has 16 heavy (non-hydrogen) atoms. The maximum Gasteiger partial charge on any atom is 0.307 e. The zero-order valence-electron chi connectivity index (χ0n) is 9.56. The molecule has 2 N–H and O–H groups in total. The molecule has 0 aromatic heterocycles. The normalized spacial score (nSPS) is 29.2. The SMILES string of the molecule is CCCC1CCCC(C(=O)O)C1C(=O)O.[Al]. The molecule has 3 unspecified atom stereocenters. The average molecular weight is 241 g/mol. The molecule has 0 bridgehead atoms. The second-order valence-corrected chi connectivity index (χ2v) is 4.29. The Balaban J connectivity index is 0.00000225. The first-order valence-corrected chi connectivity index (χ1v) is 5.53. The third kappa shape index (κ3) is 3.50. The van der Waals surface area contributed by atoms with Gasteiger partial charge in [-0.25, -0.2) is 0 Å². The van der Waals surface area contributed by atoms with Crippen LogP contribution in [0.4, 0.5) is 0 Å². The van der Waals surface area contributed by atoms with Crippen molar-refractivity contribution >= 4 is 29.3 Å². The minimum atomic E-state index is -0.955. The number of hydrogen-bond acceptors (Lipinski definition) is 2. The van der Waals surface area contributed by atoms with Crippen molar-refractivity contribution in [3.63, 3.8) is 0 Å². The Bertz CT molecular complexity index is 252. The lowest BCUT2D eigenvalue weighted by molar-refractivity contribution is -0.158. The standard InChI is InChI=1S/C11H18O4.Al/c1-2-4-7-5-3-6-8(10(12)13)9(7)11(14)15;/h7-9H,2-6H2,1H3,(H,12,13)(H,14,15);. The van der Waals surface area contributed by atoms with Crippen LogP contribution in [0, 0.1) is 17.8 Å². The molecule has 0 saturated heterocycles. The molecule has 1 aliphatic rings. The Morgan fingerprint density at radius 1 is 1.19 bits per heavy atom. The molecule has 4 nitrogen and oxygen atoms in total. The van der Waals surface area contributed by atoms with Crippen LogP contribution in [0.1, 0.15) is 39.0 Å². The molecule has 89 valence electrons. The summed E-state index contributed by atoms with van der Waals surface area (Å²) in [6.07, 6.45) is 3.94. The van der Waals surface area contributed by atoms with Gasteiger partial charge in [0.2, 0.25) is 0 Å². The summed E-state index contributed by atoms with van der Waals surface area (Å²) in [6, 6.07) is 0. The second kappa shape index (κ2) is 6.93. The van der Waals surface area contributed by atoms with Gasteiger partial charge in [0.25, 0.3) is 0 Å². The fraction of sp³-hybridized carbons (Fsp3) is 0.818. The number of hydrogen-bond donors (Lipinski definition) is 2. The quantitative estimate of drug-likeness (QED) is 0.733. The molecule has 0 aliphatic heterocycles. The zero-order valence-corrected chi connectivity index (χ0v) is 10.7. The summed E-state index contributed by atoms with van der Waals surface area (Å²) in [5.41, 5.74) is 0. The highest BCUT2D eigenvalue weighted by molar-refractivity contribution is 5.80. The van der Waals surface area contributed by atoms with Gasteiger partial charge in [-0.15, -0.1) is 0 Å². The van der Waals surface area contributed by atoms with Crippen LogP contribution in [0.5, 0.6) is 0 Å². The molecule has 1 aliphatic carbocycles.